The first-order valence-electron chi connectivity index (χ1n) is 7.09. The van der Waals surface area contributed by atoms with Crippen LogP contribution in [0.2, 0.25) is 0 Å². The average molecular weight is 275 g/mol. The fraction of sp³-hybridized carbons (Fsp3) is 0.500. The van der Waals surface area contributed by atoms with Crippen molar-refractivity contribution in [2.24, 2.45) is 10.8 Å². The van der Waals surface area contributed by atoms with Gasteiger partial charge in [0.2, 0.25) is 5.96 Å². The number of benzene rings is 1. The van der Waals surface area contributed by atoms with E-state index < -0.39 is 0 Å². The zero-order valence-corrected chi connectivity index (χ0v) is 11.5. The van der Waals surface area contributed by atoms with Crippen molar-refractivity contribution in [3.05, 3.63) is 24.3 Å². The van der Waals surface area contributed by atoms with Crippen molar-refractivity contribution in [3.63, 3.8) is 0 Å². The third-order valence-electron chi connectivity index (χ3n) is 3.50. The fourth-order valence-corrected chi connectivity index (χ4v) is 2.21. The number of anilines is 2. The van der Waals surface area contributed by atoms with E-state index in [2.05, 4.69) is 32.8 Å². The van der Waals surface area contributed by atoms with Gasteiger partial charge >= 0.3 is 0 Å². The molecule has 3 rings (SSSR count). The van der Waals surface area contributed by atoms with Crippen LogP contribution in [-0.4, -0.2) is 38.3 Å². The Bertz CT molecular complexity index is 463. The zero-order chi connectivity index (χ0) is 13.8. The molecular weight excluding hydrogens is 254 g/mol. The van der Waals surface area contributed by atoms with Gasteiger partial charge in [-0.3, -0.25) is 5.43 Å². The van der Waals surface area contributed by atoms with Crippen molar-refractivity contribution >= 4 is 17.3 Å². The van der Waals surface area contributed by atoms with Crippen LogP contribution in [0.25, 0.3) is 0 Å². The van der Waals surface area contributed by atoms with E-state index in [9.17, 15) is 0 Å². The minimum absolute atomic E-state index is 0.432. The Balaban J connectivity index is 1.62. The molecular formula is C14H21N5O. The molecule has 1 aliphatic heterocycles. The maximum atomic E-state index is 5.48. The van der Waals surface area contributed by atoms with Gasteiger partial charge in [-0.1, -0.05) is 0 Å². The van der Waals surface area contributed by atoms with Crippen LogP contribution in [0, 0.1) is 0 Å². The van der Waals surface area contributed by atoms with Gasteiger partial charge in [0.25, 0.3) is 0 Å². The Morgan fingerprint density at radius 1 is 1.20 bits per heavy atom. The molecule has 108 valence electrons. The molecule has 1 aromatic carbocycles. The highest BCUT2D eigenvalue weighted by molar-refractivity contribution is 5.93. The van der Waals surface area contributed by atoms with Gasteiger partial charge < -0.3 is 15.0 Å². The SMILES string of the molecule is NNC(=NC1CC1)Nc1ccc(N2CCOCC2)cc1. The lowest BCUT2D eigenvalue weighted by molar-refractivity contribution is 0.122. The molecule has 0 spiro atoms. The standard InChI is InChI=1S/C14H21N5O/c15-18-14(16-11-1-2-11)17-12-3-5-13(6-4-12)19-7-9-20-10-8-19/h3-6,11H,1-2,7-10,15H2,(H2,16,17,18). The molecule has 1 aliphatic carbocycles. The molecule has 0 radical (unpaired) electrons. The second kappa shape index (κ2) is 6.11. The van der Waals surface area contributed by atoms with Crippen LogP contribution in [0.4, 0.5) is 11.4 Å². The second-order valence-corrected chi connectivity index (χ2v) is 5.12. The van der Waals surface area contributed by atoms with E-state index in [-0.39, 0.29) is 0 Å². The summed E-state index contributed by atoms with van der Waals surface area (Å²) < 4.78 is 5.36. The van der Waals surface area contributed by atoms with Crippen molar-refractivity contribution in [3.8, 4) is 0 Å². The summed E-state index contributed by atoms with van der Waals surface area (Å²) in [4.78, 5) is 6.78. The van der Waals surface area contributed by atoms with Gasteiger partial charge in [-0.05, 0) is 37.1 Å². The first kappa shape index (κ1) is 13.2. The van der Waals surface area contributed by atoms with Crippen molar-refractivity contribution in [1.29, 1.82) is 0 Å². The smallest absolute Gasteiger partial charge is 0.210 e. The van der Waals surface area contributed by atoms with Gasteiger partial charge in [-0.15, -0.1) is 0 Å². The third kappa shape index (κ3) is 3.40. The number of aliphatic imine (C=N–C) groups is 1. The number of guanidine groups is 1. The molecule has 6 heteroatoms. The predicted molar refractivity (Wildman–Crippen MR) is 80.9 cm³/mol. The summed E-state index contributed by atoms with van der Waals surface area (Å²) >= 11 is 0. The van der Waals surface area contributed by atoms with Gasteiger partial charge in [0.1, 0.15) is 0 Å². The predicted octanol–water partition coefficient (Wildman–Crippen LogP) is 0.917. The van der Waals surface area contributed by atoms with Crippen LogP contribution < -0.4 is 21.5 Å². The number of hydrogen-bond acceptors (Lipinski definition) is 4. The minimum Gasteiger partial charge on any atom is -0.378 e. The van der Waals surface area contributed by atoms with Gasteiger partial charge in [0.05, 0.1) is 19.3 Å². The number of hydrogen-bond donors (Lipinski definition) is 3. The molecule has 20 heavy (non-hydrogen) atoms. The van der Waals surface area contributed by atoms with Crippen LogP contribution in [0.15, 0.2) is 29.3 Å². The molecule has 6 nitrogen and oxygen atoms in total. The number of morpholine rings is 1. The fourth-order valence-electron chi connectivity index (χ4n) is 2.21. The molecule has 1 heterocycles. The van der Waals surface area contributed by atoms with Gasteiger partial charge in [-0.25, -0.2) is 10.8 Å². The molecule has 1 saturated carbocycles. The largest absolute Gasteiger partial charge is 0.378 e. The van der Waals surface area contributed by atoms with Crippen molar-refractivity contribution in [2.75, 3.05) is 36.5 Å². The van der Waals surface area contributed by atoms with Gasteiger partial charge in [0.15, 0.2) is 0 Å². The van der Waals surface area contributed by atoms with E-state index in [0.717, 1.165) is 44.8 Å². The molecule has 1 saturated heterocycles. The van der Waals surface area contributed by atoms with E-state index in [0.29, 0.717) is 12.0 Å². The van der Waals surface area contributed by atoms with E-state index in [1.807, 2.05) is 12.1 Å². The topological polar surface area (TPSA) is 74.9 Å². The molecule has 0 bridgehead atoms. The van der Waals surface area contributed by atoms with Crippen molar-refractivity contribution < 1.29 is 4.74 Å². The Kier molecular flexibility index (Phi) is 4.03. The van der Waals surface area contributed by atoms with Crippen LogP contribution in [0.3, 0.4) is 0 Å². The quantitative estimate of drug-likeness (QED) is 0.331. The summed E-state index contributed by atoms with van der Waals surface area (Å²) in [5.41, 5.74) is 4.82. The van der Waals surface area contributed by atoms with Crippen LogP contribution >= 0.6 is 0 Å². The Labute approximate surface area is 119 Å². The van der Waals surface area contributed by atoms with Crippen LogP contribution in [0.5, 0.6) is 0 Å². The van der Waals surface area contributed by atoms with Crippen molar-refractivity contribution in [1.82, 2.24) is 5.43 Å². The third-order valence-corrected chi connectivity index (χ3v) is 3.50. The lowest BCUT2D eigenvalue weighted by Gasteiger charge is -2.28. The number of rotatable bonds is 3. The Hall–Kier alpha value is -1.79. The van der Waals surface area contributed by atoms with E-state index in [4.69, 9.17) is 10.6 Å². The molecule has 0 aromatic heterocycles. The lowest BCUT2D eigenvalue weighted by Crippen LogP contribution is -2.37. The van der Waals surface area contributed by atoms with E-state index in [1.54, 1.807) is 0 Å². The molecule has 0 amide bonds. The number of nitrogens with two attached hydrogens (primary N) is 1. The van der Waals surface area contributed by atoms with Gasteiger partial charge in [0, 0.05) is 24.5 Å². The summed E-state index contributed by atoms with van der Waals surface area (Å²) in [5.74, 6) is 6.11. The summed E-state index contributed by atoms with van der Waals surface area (Å²) in [6.07, 6.45) is 2.31. The first-order chi connectivity index (χ1) is 9.85. The highest BCUT2D eigenvalue weighted by Crippen LogP contribution is 2.24. The molecule has 0 unspecified atom stereocenters. The highest BCUT2D eigenvalue weighted by Gasteiger charge is 2.21. The minimum atomic E-state index is 0.432. The number of ether oxygens (including phenoxy) is 1. The molecule has 4 N–H and O–H groups in total. The number of nitrogens with one attached hydrogen (secondary N) is 2. The highest BCUT2D eigenvalue weighted by atomic mass is 16.5. The summed E-state index contributed by atoms with van der Waals surface area (Å²) in [6, 6.07) is 8.74. The number of hydrazine groups is 1. The first-order valence-corrected chi connectivity index (χ1v) is 7.09. The Morgan fingerprint density at radius 2 is 1.90 bits per heavy atom. The average Bonchev–Trinajstić information content (AvgIpc) is 3.32. The summed E-state index contributed by atoms with van der Waals surface area (Å²) in [5, 5.41) is 3.20. The van der Waals surface area contributed by atoms with Crippen LogP contribution in [-0.2, 0) is 4.74 Å². The lowest BCUT2D eigenvalue weighted by atomic mass is 10.2. The van der Waals surface area contributed by atoms with E-state index in [1.165, 1.54) is 5.69 Å². The van der Waals surface area contributed by atoms with Crippen LogP contribution in [0.1, 0.15) is 12.8 Å². The maximum Gasteiger partial charge on any atom is 0.210 e. The molecule has 1 aromatic rings. The zero-order valence-electron chi connectivity index (χ0n) is 11.5. The van der Waals surface area contributed by atoms with Gasteiger partial charge in [-0.2, -0.15) is 0 Å². The number of nitrogens with zero attached hydrogens (tertiary/aromatic N) is 2. The maximum absolute atomic E-state index is 5.48. The monoisotopic (exact) mass is 275 g/mol. The summed E-state index contributed by atoms with van der Waals surface area (Å²) in [6.45, 7) is 3.50. The molecule has 2 fully saturated rings. The molecule has 2 aliphatic rings. The normalized spacial score (nSPS) is 19.9. The van der Waals surface area contributed by atoms with Crippen molar-refractivity contribution in [2.45, 2.75) is 18.9 Å². The summed E-state index contributed by atoms with van der Waals surface area (Å²) in [7, 11) is 0. The Morgan fingerprint density at radius 3 is 2.50 bits per heavy atom. The molecule has 0 atom stereocenters. The second-order valence-electron chi connectivity index (χ2n) is 5.12. The van der Waals surface area contributed by atoms with E-state index >= 15 is 0 Å².